The van der Waals surface area contributed by atoms with Crippen LogP contribution in [0.25, 0.3) is 0 Å². The summed E-state index contributed by atoms with van der Waals surface area (Å²) in [5.74, 6) is -0.0946. The summed E-state index contributed by atoms with van der Waals surface area (Å²) in [5.41, 5.74) is 0.533. The van der Waals surface area contributed by atoms with Crippen LogP contribution in [0, 0.1) is 0 Å². The maximum absolute atomic E-state index is 11.1. The van der Waals surface area contributed by atoms with Gasteiger partial charge in [0.1, 0.15) is 0 Å². The monoisotopic (exact) mass is 258 g/mol. The fraction of sp³-hybridized carbons (Fsp3) is 0.769. The van der Waals surface area contributed by atoms with Crippen molar-refractivity contribution < 1.29 is 14.3 Å². The van der Waals surface area contributed by atoms with Gasteiger partial charge in [-0.25, -0.2) is 0 Å². The molecule has 0 aliphatic heterocycles. The first-order valence-corrected chi connectivity index (χ1v) is 6.42. The molecule has 0 atom stereocenters. The first-order chi connectivity index (χ1) is 8.68. The van der Waals surface area contributed by atoms with E-state index in [0.717, 1.165) is 26.0 Å². The van der Waals surface area contributed by atoms with Crippen LogP contribution in [0.1, 0.15) is 19.8 Å². The van der Waals surface area contributed by atoms with E-state index in [1.807, 2.05) is 7.05 Å². The summed E-state index contributed by atoms with van der Waals surface area (Å²) < 4.78 is 10.7. The van der Waals surface area contributed by atoms with Gasteiger partial charge >= 0.3 is 0 Å². The summed E-state index contributed by atoms with van der Waals surface area (Å²) in [6.45, 7) is 9.48. The Morgan fingerprint density at radius 2 is 1.61 bits per heavy atom. The largest absolute Gasteiger partial charge is 0.379 e. The smallest absolute Gasteiger partial charge is 0.246 e. The van der Waals surface area contributed by atoms with Crippen LogP contribution in [0.4, 0.5) is 0 Å². The van der Waals surface area contributed by atoms with E-state index >= 15 is 0 Å². The lowest BCUT2D eigenvalue weighted by Crippen LogP contribution is -2.25. The molecule has 0 saturated heterocycles. The Hall–Kier alpha value is -0.910. The standard InChI is InChI=1S/C13H26N2O3/c1-12(2)13(16)15-7-5-9-18-11-10-17-8-4-6-14-3/h14H,1,4-11H2,2-3H3,(H,15,16). The Kier molecular flexibility index (Phi) is 11.9. The normalized spacial score (nSPS) is 10.3. The molecule has 0 fully saturated rings. The number of carbonyl (C=O) groups is 1. The molecule has 0 aliphatic carbocycles. The van der Waals surface area contributed by atoms with Crippen molar-refractivity contribution in [2.45, 2.75) is 19.8 Å². The molecular weight excluding hydrogens is 232 g/mol. The van der Waals surface area contributed by atoms with E-state index in [4.69, 9.17) is 9.47 Å². The maximum atomic E-state index is 11.1. The van der Waals surface area contributed by atoms with Crippen molar-refractivity contribution in [2.24, 2.45) is 0 Å². The topological polar surface area (TPSA) is 59.6 Å². The van der Waals surface area contributed by atoms with E-state index in [0.29, 0.717) is 31.9 Å². The van der Waals surface area contributed by atoms with Crippen LogP contribution in [0.2, 0.25) is 0 Å². The molecule has 18 heavy (non-hydrogen) atoms. The van der Waals surface area contributed by atoms with Gasteiger partial charge in [0.2, 0.25) is 5.91 Å². The van der Waals surface area contributed by atoms with E-state index in [1.54, 1.807) is 6.92 Å². The fourth-order valence-electron chi connectivity index (χ4n) is 1.20. The highest BCUT2D eigenvalue weighted by Gasteiger charge is 1.99. The van der Waals surface area contributed by atoms with Crippen LogP contribution in [-0.2, 0) is 14.3 Å². The molecule has 0 aliphatic rings. The van der Waals surface area contributed by atoms with E-state index in [-0.39, 0.29) is 5.91 Å². The second-order valence-electron chi connectivity index (χ2n) is 4.07. The summed E-state index contributed by atoms with van der Waals surface area (Å²) in [5, 5.41) is 5.81. The highest BCUT2D eigenvalue weighted by molar-refractivity contribution is 5.91. The molecule has 0 radical (unpaired) electrons. The molecule has 0 aromatic carbocycles. The lowest BCUT2D eigenvalue weighted by molar-refractivity contribution is -0.117. The zero-order valence-corrected chi connectivity index (χ0v) is 11.6. The minimum atomic E-state index is -0.0946. The predicted molar refractivity (Wildman–Crippen MR) is 72.6 cm³/mol. The van der Waals surface area contributed by atoms with E-state index in [9.17, 15) is 4.79 Å². The molecule has 5 nitrogen and oxygen atoms in total. The average molecular weight is 258 g/mol. The third-order valence-corrected chi connectivity index (χ3v) is 2.23. The molecule has 0 bridgehead atoms. The number of rotatable bonds is 12. The van der Waals surface area contributed by atoms with Gasteiger partial charge in [0.15, 0.2) is 0 Å². The Bertz CT molecular complexity index is 232. The van der Waals surface area contributed by atoms with Crippen molar-refractivity contribution in [1.82, 2.24) is 10.6 Å². The van der Waals surface area contributed by atoms with Crippen LogP contribution >= 0.6 is 0 Å². The van der Waals surface area contributed by atoms with Gasteiger partial charge in [0.25, 0.3) is 0 Å². The first kappa shape index (κ1) is 17.1. The lowest BCUT2D eigenvalue weighted by Gasteiger charge is -2.07. The van der Waals surface area contributed by atoms with Gasteiger partial charge < -0.3 is 20.1 Å². The average Bonchev–Trinajstić information content (AvgIpc) is 2.35. The molecule has 0 saturated carbocycles. The van der Waals surface area contributed by atoms with Crippen molar-refractivity contribution in [2.75, 3.05) is 46.6 Å². The summed E-state index contributed by atoms with van der Waals surface area (Å²) in [6, 6.07) is 0. The minimum Gasteiger partial charge on any atom is -0.379 e. The summed E-state index contributed by atoms with van der Waals surface area (Å²) in [6.07, 6.45) is 1.82. The van der Waals surface area contributed by atoms with Gasteiger partial charge in [0.05, 0.1) is 13.2 Å². The second-order valence-corrected chi connectivity index (χ2v) is 4.07. The zero-order valence-electron chi connectivity index (χ0n) is 11.6. The van der Waals surface area contributed by atoms with Crippen LogP contribution in [0.5, 0.6) is 0 Å². The van der Waals surface area contributed by atoms with Gasteiger partial charge in [-0.05, 0) is 33.4 Å². The van der Waals surface area contributed by atoms with E-state index < -0.39 is 0 Å². The number of amides is 1. The van der Waals surface area contributed by atoms with Gasteiger partial charge in [-0.1, -0.05) is 6.58 Å². The van der Waals surface area contributed by atoms with Gasteiger partial charge in [-0.2, -0.15) is 0 Å². The summed E-state index contributed by atoms with van der Waals surface area (Å²) in [7, 11) is 1.93. The Labute approximate surface area is 110 Å². The number of ether oxygens (including phenoxy) is 2. The zero-order chi connectivity index (χ0) is 13.6. The Morgan fingerprint density at radius 3 is 2.11 bits per heavy atom. The summed E-state index contributed by atoms with van der Waals surface area (Å²) >= 11 is 0. The Morgan fingerprint density at radius 1 is 1.06 bits per heavy atom. The van der Waals surface area contributed by atoms with Crippen molar-refractivity contribution in [3.63, 3.8) is 0 Å². The highest BCUT2D eigenvalue weighted by Crippen LogP contribution is 1.88. The third kappa shape index (κ3) is 11.6. The summed E-state index contributed by atoms with van der Waals surface area (Å²) in [4.78, 5) is 11.1. The number of nitrogens with one attached hydrogen (secondary N) is 2. The second kappa shape index (κ2) is 12.5. The third-order valence-electron chi connectivity index (χ3n) is 2.23. The number of hydrogen-bond acceptors (Lipinski definition) is 4. The predicted octanol–water partition coefficient (Wildman–Crippen LogP) is 0.712. The van der Waals surface area contributed by atoms with Crippen molar-refractivity contribution in [3.8, 4) is 0 Å². The minimum absolute atomic E-state index is 0.0946. The van der Waals surface area contributed by atoms with Crippen LogP contribution in [0.3, 0.4) is 0 Å². The van der Waals surface area contributed by atoms with E-state index in [2.05, 4.69) is 17.2 Å². The van der Waals surface area contributed by atoms with Crippen LogP contribution in [-0.4, -0.2) is 52.5 Å². The van der Waals surface area contributed by atoms with Crippen LogP contribution in [0.15, 0.2) is 12.2 Å². The van der Waals surface area contributed by atoms with Crippen molar-refractivity contribution >= 4 is 5.91 Å². The molecule has 0 spiro atoms. The highest BCUT2D eigenvalue weighted by atomic mass is 16.5. The van der Waals surface area contributed by atoms with Crippen molar-refractivity contribution in [1.29, 1.82) is 0 Å². The van der Waals surface area contributed by atoms with Gasteiger partial charge in [0, 0.05) is 25.3 Å². The van der Waals surface area contributed by atoms with E-state index in [1.165, 1.54) is 0 Å². The molecule has 0 aromatic heterocycles. The molecule has 1 amide bonds. The van der Waals surface area contributed by atoms with Crippen LogP contribution < -0.4 is 10.6 Å². The van der Waals surface area contributed by atoms with Gasteiger partial charge in [-0.3, -0.25) is 4.79 Å². The first-order valence-electron chi connectivity index (χ1n) is 6.42. The van der Waals surface area contributed by atoms with Gasteiger partial charge in [-0.15, -0.1) is 0 Å². The molecule has 0 unspecified atom stereocenters. The molecular formula is C13H26N2O3. The number of carbonyl (C=O) groups excluding carboxylic acids is 1. The number of hydrogen-bond donors (Lipinski definition) is 2. The van der Waals surface area contributed by atoms with Crippen molar-refractivity contribution in [3.05, 3.63) is 12.2 Å². The molecule has 106 valence electrons. The molecule has 2 N–H and O–H groups in total. The molecule has 5 heteroatoms. The fourth-order valence-corrected chi connectivity index (χ4v) is 1.20. The quantitative estimate of drug-likeness (QED) is 0.400. The Balaban J connectivity index is 3.07. The molecule has 0 aromatic rings. The lowest BCUT2D eigenvalue weighted by atomic mass is 10.3. The SMILES string of the molecule is C=C(C)C(=O)NCCCOCCOCCCNC. The molecule has 0 rings (SSSR count). The molecule has 0 heterocycles. The maximum Gasteiger partial charge on any atom is 0.246 e.